The highest BCUT2D eigenvalue weighted by Gasteiger charge is 2.39. The van der Waals surface area contributed by atoms with Crippen molar-refractivity contribution < 1.29 is 0 Å². The lowest BCUT2D eigenvalue weighted by Crippen LogP contribution is -2.53. The van der Waals surface area contributed by atoms with Crippen molar-refractivity contribution in [3.63, 3.8) is 0 Å². The topological polar surface area (TPSA) is 51.7 Å². The molecule has 0 spiro atoms. The minimum Gasteiger partial charge on any atom is -0.355 e. The van der Waals surface area contributed by atoms with E-state index in [-0.39, 0.29) is 29.5 Å². The van der Waals surface area contributed by atoms with E-state index in [9.17, 15) is 0 Å². The number of guanidine groups is 1. The number of nitrogens with one attached hydrogen (secondary N) is 3. The van der Waals surface area contributed by atoms with E-state index in [1.54, 1.807) is 0 Å². The molecule has 3 atom stereocenters. The van der Waals surface area contributed by atoms with Crippen LogP contribution >= 0.6 is 24.0 Å². The third-order valence-electron chi connectivity index (χ3n) is 5.81. The molecule has 1 heterocycles. The van der Waals surface area contributed by atoms with Crippen LogP contribution in [0.5, 0.6) is 0 Å². The van der Waals surface area contributed by atoms with E-state index in [4.69, 9.17) is 0 Å². The Hall–Kier alpha value is -0.860. The van der Waals surface area contributed by atoms with Crippen LogP contribution in [0.3, 0.4) is 0 Å². The first kappa shape index (κ1) is 23.4. The molecule has 0 aromatic heterocycles. The molecule has 6 heteroatoms. The lowest BCUT2D eigenvalue weighted by atomic mass is 10.0. The minimum absolute atomic E-state index is 0. The first-order chi connectivity index (χ1) is 12.9. The largest absolute Gasteiger partial charge is 0.355 e. The van der Waals surface area contributed by atoms with Crippen molar-refractivity contribution in [2.24, 2.45) is 4.99 Å². The summed E-state index contributed by atoms with van der Waals surface area (Å²) >= 11 is 0. The highest BCUT2D eigenvalue weighted by molar-refractivity contribution is 14.0. The molecule has 1 saturated heterocycles. The second kappa shape index (κ2) is 10.3. The summed E-state index contributed by atoms with van der Waals surface area (Å²) in [5.41, 5.74) is 1.27. The molecule has 3 rings (SSSR count). The van der Waals surface area contributed by atoms with Gasteiger partial charge in [-0.25, -0.2) is 0 Å². The number of hydrogen-bond donors (Lipinski definition) is 3. The van der Waals surface area contributed by atoms with Crippen LogP contribution < -0.4 is 16.0 Å². The molecule has 1 aromatic carbocycles. The van der Waals surface area contributed by atoms with Gasteiger partial charge < -0.3 is 16.0 Å². The van der Waals surface area contributed by atoms with E-state index >= 15 is 0 Å². The molecule has 2 aliphatic rings. The van der Waals surface area contributed by atoms with Gasteiger partial charge >= 0.3 is 0 Å². The van der Waals surface area contributed by atoms with E-state index in [0.29, 0.717) is 18.1 Å². The average molecular weight is 499 g/mol. The first-order valence-electron chi connectivity index (χ1n) is 10.4. The minimum atomic E-state index is -0.0457. The number of likely N-dealkylation sites (tertiary alicyclic amines) is 1. The molecule has 3 N–H and O–H groups in total. The molecule has 5 nitrogen and oxygen atoms in total. The predicted octanol–water partition coefficient (Wildman–Crippen LogP) is 3.52. The monoisotopic (exact) mass is 499 g/mol. The Kier molecular flexibility index (Phi) is 8.58. The van der Waals surface area contributed by atoms with Crippen molar-refractivity contribution in [2.45, 2.75) is 76.7 Å². The van der Waals surface area contributed by atoms with Gasteiger partial charge in [0.2, 0.25) is 0 Å². The van der Waals surface area contributed by atoms with Gasteiger partial charge in [0.05, 0.1) is 0 Å². The second-order valence-corrected chi connectivity index (χ2v) is 8.94. The summed E-state index contributed by atoms with van der Waals surface area (Å²) in [6.07, 6.45) is 3.96. The van der Waals surface area contributed by atoms with Gasteiger partial charge in [-0.15, -0.1) is 24.0 Å². The van der Waals surface area contributed by atoms with Gasteiger partial charge in [-0.1, -0.05) is 30.3 Å². The summed E-state index contributed by atoms with van der Waals surface area (Å²) in [5.74, 6) is 0.909. The summed E-state index contributed by atoms with van der Waals surface area (Å²) in [4.78, 5) is 7.12. The first-order valence-corrected chi connectivity index (χ1v) is 10.4. The van der Waals surface area contributed by atoms with Crippen molar-refractivity contribution in [2.75, 3.05) is 20.1 Å². The van der Waals surface area contributed by atoms with E-state index < -0.39 is 0 Å². The maximum Gasteiger partial charge on any atom is 0.191 e. The fourth-order valence-corrected chi connectivity index (χ4v) is 4.23. The third-order valence-corrected chi connectivity index (χ3v) is 5.81. The van der Waals surface area contributed by atoms with Crippen LogP contribution in [0.2, 0.25) is 0 Å². The van der Waals surface area contributed by atoms with Crippen LogP contribution in [0.15, 0.2) is 35.3 Å². The quantitative estimate of drug-likeness (QED) is 0.305. The molecule has 0 amide bonds. The number of benzene rings is 1. The summed E-state index contributed by atoms with van der Waals surface area (Å²) in [6.45, 7) is 11.0. The van der Waals surface area contributed by atoms with Crippen molar-refractivity contribution in [3.8, 4) is 0 Å². The highest BCUT2D eigenvalue weighted by Crippen LogP contribution is 2.33. The molecule has 0 radical (unpaired) electrons. The van der Waals surface area contributed by atoms with Gasteiger partial charge in [0.1, 0.15) is 0 Å². The Labute approximate surface area is 188 Å². The van der Waals surface area contributed by atoms with Crippen LogP contribution in [-0.2, 0) is 0 Å². The molecule has 1 aromatic rings. The number of aliphatic imine (C=N–C) groups is 1. The van der Waals surface area contributed by atoms with Gasteiger partial charge in [0.25, 0.3) is 0 Å². The standard InChI is InChI=1S/C22H37N5.HI/c1-16-13-19(14-27(16)20-11-12-20)25-21(23-5)24-15-22(3,4)26-17(2)18-9-7-6-8-10-18;/h6-10,16-17,19-20,26H,11-15H2,1-5H3,(H2,23,24,25);1H. The van der Waals surface area contributed by atoms with Gasteiger partial charge in [0.15, 0.2) is 5.96 Å². The molecule has 1 saturated carbocycles. The zero-order chi connectivity index (χ0) is 19.4. The van der Waals surface area contributed by atoms with Crippen LogP contribution in [0.1, 0.15) is 58.6 Å². The fraction of sp³-hybridized carbons (Fsp3) is 0.682. The molecule has 3 unspecified atom stereocenters. The van der Waals surface area contributed by atoms with Crippen molar-refractivity contribution >= 4 is 29.9 Å². The van der Waals surface area contributed by atoms with E-state index in [1.165, 1.54) is 24.8 Å². The molecule has 2 fully saturated rings. The molecular formula is C22H38IN5. The van der Waals surface area contributed by atoms with Gasteiger partial charge in [0, 0.05) is 49.8 Å². The average Bonchev–Trinajstić information content (AvgIpc) is 3.42. The normalized spacial score (nSPS) is 24.5. The van der Waals surface area contributed by atoms with E-state index in [0.717, 1.165) is 25.1 Å². The Morgan fingerprint density at radius 1 is 1.25 bits per heavy atom. The van der Waals surface area contributed by atoms with Crippen molar-refractivity contribution in [1.29, 1.82) is 0 Å². The molecular weight excluding hydrogens is 461 g/mol. The fourth-order valence-electron chi connectivity index (χ4n) is 4.23. The third kappa shape index (κ3) is 6.59. The Bertz CT molecular complexity index is 629. The van der Waals surface area contributed by atoms with Crippen molar-refractivity contribution in [3.05, 3.63) is 35.9 Å². The lowest BCUT2D eigenvalue weighted by Gasteiger charge is -2.32. The number of halogens is 1. The van der Waals surface area contributed by atoms with Gasteiger partial charge in [-0.3, -0.25) is 9.89 Å². The van der Waals surface area contributed by atoms with Crippen LogP contribution in [0.4, 0.5) is 0 Å². The summed E-state index contributed by atoms with van der Waals surface area (Å²) in [5, 5.41) is 10.9. The molecule has 158 valence electrons. The van der Waals surface area contributed by atoms with E-state index in [2.05, 4.69) is 83.9 Å². The zero-order valence-electron chi connectivity index (χ0n) is 18.0. The maximum absolute atomic E-state index is 4.45. The smallest absolute Gasteiger partial charge is 0.191 e. The predicted molar refractivity (Wildman–Crippen MR) is 130 cm³/mol. The van der Waals surface area contributed by atoms with Gasteiger partial charge in [-0.05, 0) is 52.5 Å². The van der Waals surface area contributed by atoms with Crippen LogP contribution in [0, 0.1) is 0 Å². The Morgan fingerprint density at radius 2 is 1.93 bits per heavy atom. The SMILES string of the molecule is CN=C(NCC(C)(C)NC(C)c1ccccc1)NC1CC(C)N(C2CC2)C1.I. The zero-order valence-corrected chi connectivity index (χ0v) is 20.4. The molecule has 1 aliphatic carbocycles. The summed E-state index contributed by atoms with van der Waals surface area (Å²) in [6, 6.07) is 12.9. The molecule has 0 bridgehead atoms. The number of hydrogen-bond acceptors (Lipinski definition) is 3. The lowest BCUT2D eigenvalue weighted by molar-refractivity contribution is 0.256. The molecule has 1 aliphatic heterocycles. The Balaban J connectivity index is 0.00000280. The molecule has 28 heavy (non-hydrogen) atoms. The Morgan fingerprint density at radius 3 is 2.54 bits per heavy atom. The second-order valence-electron chi connectivity index (χ2n) is 8.94. The van der Waals surface area contributed by atoms with E-state index in [1.807, 2.05) is 7.05 Å². The summed E-state index contributed by atoms with van der Waals surface area (Å²) < 4.78 is 0. The highest BCUT2D eigenvalue weighted by atomic mass is 127. The maximum atomic E-state index is 4.45. The van der Waals surface area contributed by atoms with Crippen molar-refractivity contribution in [1.82, 2.24) is 20.9 Å². The number of rotatable bonds is 7. The van der Waals surface area contributed by atoms with Crippen LogP contribution in [-0.4, -0.2) is 54.7 Å². The number of nitrogens with zero attached hydrogens (tertiary/aromatic N) is 2. The summed E-state index contributed by atoms with van der Waals surface area (Å²) in [7, 11) is 1.86. The van der Waals surface area contributed by atoms with Gasteiger partial charge in [-0.2, -0.15) is 0 Å². The van der Waals surface area contributed by atoms with Crippen LogP contribution in [0.25, 0.3) is 0 Å².